The molecule has 1 aliphatic heterocycles. The molecule has 1 amide bonds. The Labute approximate surface area is 148 Å². The maximum atomic E-state index is 12.9. The van der Waals surface area contributed by atoms with Gasteiger partial charge < -0.3 is 14.4 Å². The number of amides is 1. The average Bonchev–Trinajstić information content (AvgIpc) is 2.61. The molecule has 0 aromatic heterocycles. The predicted molar refractivity (Wildman–Crippen MR) is 94.5 cm³/mol. The summed E-state index contributed by atoms with van der Waals surface area (Å²) in [6.07, 6.45) is -0.660. The second kappa shape index (κ2) is 8.50. The zero-order valence-corrected chi connectivity index (χ0v) is 15.6. The van der Waals surface area contributed by atoms with E-state index in [0.717, 1.165) is 6.54 Å². The van der Waals surface area contributed by atoms with Crippen molar-refractivity contribution in [3.05, 3.63) is 18.2 Å². The molecule has 1 heterocycles. The molecule has 0 atom stereocenters. The summed E-state index contributed by atoms with van der Waals surface area (Å²) in [5.41, 5.74) is 0.259. The lowest BCUT2D eigenvalue weighted by molar-refractivity contribution is 0.168. The second-order valence-corrected chi connectivity index (χ2v) is 7.48. The molecule has 0 bridgehead atoms. The second-order valence-electron chi connectivity index (χ2n) is 5.55. The first kappa shape index (κ1) is 19.5. The molecule has 1 N–H and O–H groups in total. The van der Waals surface area contributed by atoms with E-state index in [9.17, 15) is 13.2 Å². The number of ether oxygens (including phenoxy) is 2. The number of anilines is 1. The van der Waals surface area contributed by atoms with Crippen molar-refractivity contribution in [3.63, 3.8) is 0 Å². The van der Waals surface area contributed by atoms with Crippen LogP contribution in [0.3, 0.4) is 0 Å². The molecule has 25 heavy (non-hydrogen) atoms. The third-order valence-electron chi connectivity index (χ3n) is 4.10. The number of piperazine rings is 1. The number of nitrogens with one attached hydrogen (secondary N) is 1. The summed E-state index contributed by atoms with van der Waals surface area (Å²) < 4.78 is 37.2. The number of nitrogens with zero attached hydrogens (tertiary/aromatic N) is 2. The number of hydrogen-bond acceptors (Lipinski definition) is 6. The topological polar surface area (TPSA) is 88.2 Å². The summed E-state index contributed by atoms with van der Waals surface area (Å²) in [5, 5.41) is 2.52. The van der Waals surface area contributed by atoms with E-state index in [2.05, 4.69) is 17.1 Å². The van der Waals surface area contributed by atoms with E-state index in [4.69, 9.17) is 9.47 Å². The summed E-state index contributed by atoms with van der Waals surface area (Å²) in [7, 11) is -2.18. The number of benzene rings is 1. The zero-order valence-electron chi connectivity index (χ0n) is 14.8. The molecule has 1 fully saturated rings. The normalized spacial score (nSPS) is 16.4. The molecule has 9 heteroatoms. The lowest BCUT2D eigenvalue weighted by Gasteiger charge is -2.33. The maximum absolute atomic E-state index is 12.9. The summed E-state index contributed by atoms with van der Waals surface area (Å²) in [5.74, 6) is 0.364. The molecule has 1 saturated heterocycles. The van der Waals surface area contributed by atoms with Crippen LogP contribution < -0.4 is 10.1 Å². The Morgan fingerprint density at radius 3 is 2.44 bits per heavy atom. The Balaban J connectivity index is 2.24. The molecule has 1 aromatic carbocycles. The molecule has 2 rings (SSSR count). The van der Waals surface area contributed by atoms with Gasteiger partial charge in [0.05, 0.1) is 24.3 Å². The van der Waals surface area contributed by atoms with Gasteiger partial charge in [-0.05, 0) is 31.7 Å². The Morgan fingerprint density at radius 2 is 1.88 bits per heavy atom. The summed E-state index contributed by atoms with van der Waals surface area (Å²) in [4.78, 5) is 14.0. The third kappa shape index (κ3) is 4.62. The highest BCUT2D eigenvalue weighted by molar-refractivity contribution is 7.89. The minimum atomic E-state index is -3.63. The van der Waals surface area contributed by atoms with Gasteiger partial charge in [0.1, 0.15) is 5.75 Å². The smallest absolute Gasteiger partial charge is 0.411 e. The highest BCUT2D eigenvalue weighted by Gasteiger charge is 2.28. The lowest BCUT2D eigenvalue weighted by atomic mass is 10.3. The van der Waals surface area contributed by atoms with Crippen molar-refractivity contribution in [1.29, 1.82) is 0 Å². The fraction of sp³-hybridized carbons (Fsp3) is 0.562. The van der Waals surface area contributed by atoms with Crippen molar-refractivity contribution in [3.8, 4) is 5.75 Å². The van der Waals surface area contributed by atoms with Crippen LogP contribution in [0.1, 0.15) is 13.8 Å². The van der Waals surface area contributed by atoms with Gasteiger partial charge in [-0.15, -0.1) is 0 Å². The van der Waals surface area contributed by atoms with E-state index >= 15 is 0 Å². The van der Waals surface area contributed by atoms with Crippen molar-refractivity contribution in [2.24, 2.45) is 0 Å². The number of sulfonamides is 1. The van der Waals surface area contributed by atoms with Crippen molar-refractivity contribution >= 4 is 21.8 Å². The first-order chi connectivity index (χ1) is 11.9. The van der Waals surface area contributed by atoms with Crippen LogP contribution in [0.2, 0.25) is 0 Å². The minimum absolute atomic E-state index is 0.116. The number of methoxy groups -OCH3 is 1. The van der Waals surface area contributed by atoms with Gasteiger partial charge in [-0.2, -0.15) is 4.31 Å². The largest absolute Gasteiger partial charge is 0.495 e. The van der Waals surface area contributed by atoms with Crippen molar-refractivity contribution < 1.29 is 22.7 Å². The monoisotopic (exact) mass is 371 g/mol. The average molecular weight is 371 g/mol. The van der Waals surface area contributed by atoms with Gasteiger partial charge in [0.2, 0.25) is 10.0 Å². The standard InChI is InChI=1S/C16H25N3O5S/c1-4-18-8-10-19(11-9-18)25(21,22)13-6-7-15(23-3)14(12-13)17-16(20)24-5-2/h6-7,12H,4-5,8-11H2,1-3H3,(H,17,20). The van der Waals surface area contributed by atoms with Gasteiger partial charge in [0, 0.05) is 26.2 Å². The Hall–Kier alpha value is -1.84. The third-order valence-corrected chi connectivity index (χ3v) is 5.99. The van der Waals surface area contributed by atoms with E-state index in [-0.39, 0.29) is 17.2 Å². The molecule has 140 valence electrons. The number of carbonyl (C=O) groups is 1. The molecule has 0 saturated carbocycles. The summed E-state index contributed by atoms with van der Waals surface area (Å²) in [6, 6.07) is 4.41. The van der Waals surface area contributed by atoms with Gasteiger partial charge in [-0.3, -0.25) is 5.32 Å². The van der Waals surface area contributed by atoms with Crippen LogP contribution in [0.5, 0.6) is 5.75 Å². The van der Waals surface area contributed by atoms with Gasteiger partial charge >= 0.3 is 6.09 Å². The Bertz CT molecular complexity index is 700. The molecule has 0 aliphatic carbocycles. The fourth-order valence-corrected chi connectivity index (χ4v) is 4.11. The van der Waals surface area contributed by atoms with Gasteiger partial charge in [-0.1, -0.05) is 6.92 Å². The predicted octanol–water partition coefficient (Wildman–Crippen LogP) is 1.59. The molecular weight excluding hydrogens is 346 g/mol. The Morgan fingerprint density at radius 1 is 1.20 bits per heavy atom. The lowest BCUT2D eigenvalue weighted by Crippen LogP contribution is -2.48. The van der Waals surface area contributed by atoms with Crippen molar-refractivity contribution in [2.75, 3.05) is 51.8 Å². The summed E-state index contributed by atoms with van der Waals surface area (Å²) >= 11 is 0. The van der Waals surface area contributed by atoms with Crippen LogP contribution in [0.25, 0.3) is 0 Å². The number of rotatable bonds is 6. The van der Waals surface area contributed by atoms with Crippen LogP contribution in [-0.4, -0.2) is 70.2 Å². The zero-order chi connectivity index (χ0) is 18.4. The van der Waals surface area contributed by atoms with Crippen LogP contribution in [0.15, 0.2) is 23.1 Å². The first-order valence-corrected chi connectivity index (χ1v) is 9.70. The molecule has 8 nitrogen and oxygen atoms in total. The number of hydrogen-bond donors (Lipinski definition) is 1. The van der Waals surface area contributed by atoms with Crippen molar-refractivity contribution in [1.82, 2.24) is 9.21 Å². The highest BCUT2D eigenvalue weighted by Crippen LogP contribution is 2.29. The Kier molecular flexibility index (Phi) is 6.63. The SMILES string of the molecule is CCOC(=O)Nc1cc(S(=O)(=O)N2CCN(CC)CC2)ccc1OC. The quantitative estimate of drug-likeness (QED) is 0.817. The van der Waals surface area contributed by atoms with Gasteiger partial charge in [-0.25, -0.2) is 13.2 Å². The van der Waals surface area contributed by atoms with E-state index in [1.54, 1.807) is 6.92 Å². The number of likely N-dealkylation sites (N-methyl/N-ethyl adjacent to an activating group) is 1. The van der Waals surface area contributed by atoms with E-state index in [0.29, 0.717) is 31.9 Å². The van der Waals surface area contributed by atoms with Gasteiger partial charge in [0.25, 0.3) is 0 Å². The molecule has 0 unspecified atom stereocenters. The first-order valence-electron chi connectivity index (χ1n) is 8.26. The summed E-state index contributed by atoms with van der Waals surface area (Å²) in [6.45, 7) is 7.18. The molecule has 1 aliphatic rings. The van der Waals surface area contributed by atoms with Crippen LogP contribution in [-0.2, 0) is 14.8 Å². The number of carbonyl (C=O) groups excluding carboxylic acids is 1. The maximum Gasteiger partial charge on any atom is 0.411 e. The molecular formula is C16H25N3O5S. The van der Waals surface area contributed by atoms with Gasteiger partial charge in [0.15, 0.2) is 0 Å². The molecule has 0 spiro atoms. The van der Waals surface area contributed by atoms with E-state index in [1.807, 2.05) is 0 Å². The van der Waals surface area contributed by atoms with E-state index < -0.39 is 16.1 Å². The van der Waals surface area contributed by atoms with E-state index in [1.165, 1.54) is 29.6 Å². The van der Waals surface area contributed by atoms with Crippen LogP contribution >= 0.6 is 0 Å². The molecule has 0 radical (unpaired) electrons. The van der Waals surface area contributed by atoms with Crippen LogP contribution in [0.4, 0.5) is 10.5 Å². The fourth-order valence-electron chi connectivity index (χ4n) is 2.66. The minimum Gasteiger partial charge on any atom is -0.495 e. The van der Waals surface area contributed by atoms with Crippen molar-refractivity contribution in [2.45, 2.75) is 18.7 Å². The highest BCUT2D eigenvalue weighted by atomic mass is 32.2. The van der Waals surface area contributed by atoms with Crippen LogP contribution in [0, 0.1) is 0 Å². The molecule has 1 aromatic rings.